The van der Waals surface area contributed by atoms with Crippen LogP contribution in [0, 0.1) is 6.92 Å². The van der Waals surface area contributed by atoms with Gasteiger partial charge in [-0.05, 0) is 50.4 Å². The van der Waals surface area contributed by atoms with Crippen LogP contribution in [0.1, 0.15) is 35.2 Å². The second-order valence-electron chi connectivity index (χ2n) is 7.48. The Bertz CT molecular complexity index is 698. The molecule has 0 saturated carbocycles. The van der Waals surface area contributed by atoms with Crippen LogP contribution in [0.2, 0.25) is 0 Å². The van der Waals surface area contributed by atoms with Gasteiger partial charge >= 0.3 is 0 Å². The van der Waals surface area contributed by atoms with Gasteiger partial charge in [0.25, 0.3) is 5.91 Å². The molecule has 0 atom stereocenters. The van der Waals surface area contributed by atoms with Crippen LogP contribution in [-0.2, 0) is 9.53 Å². The third-order valence-corrected chi connectivity index (χ3v) is 5.46. The molecule has 2 saturated heterocycles. The molecule has 0 unspecified atom stereocenters. The van der Waals surface area contributed by atoms with E-state index in [1.165, 1.54) is 0 Å². The highest BCUT2D eigenvalue weighted by Gasteiger charge is 2.42. The molecule has 27 heavy (non-hydrogen) atoms. The summed E-state index contributed by atoms with van der Waals surface area (Å²) in [5.74, 6) is 0.758. The van der Waals surface area contributed by atoms with Crippen molar-refractivity contribution >= 4 is 11.8 Å². The zero-order chi connectivity index (χ0) is 19.4. The standard InChI is InChI=1S/C20H29N3O4/c1-15-4-5-16(12-17(15)26-11-3-8-21)19(25)23-9-6-20(7-10-23)14-22(2)18(24)13-27-20/h4-5,12H,3,6-11,13-14,21H2,1-2H3. The van der Waals surface area contributed by atoms with Gasteiger partial charge in [0, 0.05) is 32.2 Å². The first-order valence-electron chi connectivity index (χ1n) is 9.55. The molecule has 2 aliphatic heterocycles. The molecule has 2 N–H and O–H groups in total. The number of likely N-dealkylation sites (N-methyl/N-ethyl adjacent to an activating group) is 1. The van der Waals surface area contributed by atoms with E-state index >= 15 is 0 Å². The minimum Gasteiger partial charge on any atom is -0.493 e. The summed E-state index contributed by atoms with van der Waals surface area (Å²) in [6, 6.07) is 5.59. The minimum absolute atomic E-state index is 0.00812. The number of nitrogens with two attached hydrogens (primary N) is 1. The monoisotopic (exact) mass is 375 g/mol. The molecule has 2 fully saturated rings. The summed E-state index contributed by atoms with van der Waals surface area (Å²) in [7, 11) is 1.81. The third-order valence-electron chi connectivity index (χ3n) is 5.46. The van der Waals surface area contributed by atoms with Crippen LogP contribution >= 0.6 is 0 Å². The van der Waals surface area contributed by atoms with E-state index in [-0.39, 0.29) is 24.0 Å². The van der Waals surface area contributed by atoms with Gasteiger partial charge < -0.3 is 25.0 Å². The van der Waals surface area contributed by atoms with Gasteiger partial charge in [0.2, 0.25) is 5.91 Å². The van der Waals surface area contributed by atoms with Crippen molar-refractivity contribution < 1.29 is 19.1 Å². The number of rotatable bonds is 5. The van der Waals surface area contributed by atoms with E-state index in [2.05, 4.69) is 0 Å². The molecule has 7 heteroatoms. The normalized spacial score (nSPS) is 19.4. The van der Waals surface area contributed by atoms with Crippen molar-refractivity contribution in [2.75, 3.05) is 46.4 Å². The summed E-state index contributed by atoms with van der Waals surface area (Å²) < 4.78 is 11.6. The topological polar surface area (TPSA) is 85.1 Å². The first-order chi connectivity index (χ1) is 12.9. The molecule has 1 spiro atoms. The van der Waals surface area contributed by atoms with E-state index in [9.17, 15) is 9.59 Å². The zero-order valence-electron chi connectivity index (χ0n) is 16.2. The molecule has 0 aliphatic carbocycles. The molecule has 2 amide bonds. The maximum atomic E-state index is 12.9. The van der Waals surface area contributed by atoms with Crippen molar-refractivity contribution in [3.05, 3.63) is 29.3 Å². The summed E-state index contributed by atoms with van der Waals surface area (Å²) in [6.45, 7) is 5.06. The van der Waals surface area contributed by atoms with Gasteiger partial charge in [-0.3, -0.25) is 9.59 Å². The molecule has 0 bridgehead atoms. The predicted molar refractivity (Wildman–Crippen MR) is 102 cm³/mol. The number of morpholine rings is 1. The molecule has 0 aromatic heterocycles. The highest BCUT2D eigenvalue weighted by Crippen LogP contribution is 2.31. The Morgan fingerprint density at radius 2 is 2.07 bits per heavy atom. The average molecular weight is 375 g/mol. The smallest absolute Gasteiger partial charge is 0.253 e. The van der Waals surface area contributed by atoms with E-state index in [0.717, 1.165) is 30.6 Å². The van der Waals surface area contributed by atoms with Crippen molar-refractivity contribution in [2.45, 2.75) is 31.8 Å². The quantitative estimate of drug-likeness (QED) is 0.782. The largest absolute Gasteiger partial charge is 0.493 e. The Kier molecular flexibility index (Phi) is 6.01. The Morgan fingerprint density at radius 3 is 2.74 bits per heavy atom. The summed E-state index contributed by atoms with van der Waals surface area (Å²) in [5.41, 5.74) is 6.83. The van der Waals surface area contributed by atoms with Gasteiger partial charge in [0.1, 0.15) is 12.4 Å². The van der Waals surface area contributed by atoms with Crippen molar-refractivity contribution in [3.8, 4) is 5.75 Å². The van der Waals surface area contributed by atoms with Gasteiger partial charge in [-0.2, -0.15) is 0 Å². The molecule has 1 aromatic carbocycles. The van der Waals surface area contributed by atoms with E-state index in [1.54, 1.807) is 4.90 Å². The summed E-state index contributed by atoms with van der Waals surface area (Å²) >= 11 is 0. The number of benzene rings is 1. The first kappa shape index (κ1) is 19.6. The number of piperidine rings is 1. The fourth-order valence-electron chi connectivity index (χ4n) is 3.65. The molecular formula is C20H29N3O4. The van der Waals surface area contributed by atoms with Gasteiger partial charge in [0.15, 0.2) is 0 Å². The van der Waals surface area contributed by atoms with Gasteiger partial charge in [-0.25, -0.2) is 0 Å². The fraction of sp³-hybridized carbons (Fsp3) is 0.600. The lowest BCUT2D eigenvalue weighted by molar-refractivity contribution is -0.167. The number of nitrogens with zero attached hydrogens (tertiary/aromatic N) is 2. The number of aryl methyl sites for hydroxylation is 1. The van der Waals surface area contributed by atoms with Gasteiger partial charge in [-0.1, -0.05) is 6.07 Å². The van der Waals surface area contributed by atoms with Crippen molar-refractivity contribution in [3.63, 3.8) is 0 Å². The second-order valence-corrected chi connectivity index (χ2v) is 7.48. The average Bonchev–Trinajstić information content (AvgIpc) is 2.67. The highest BCUT2D eigenvalue weighted by molar-refractivity contribution is 5.94. The number of hydrogen-bond acceptors (Lipinski definition) is 5. The van der Waals surface area contributed by atoms with E-state index < -0.39 is 0 Å². The summed E-state index contributed by atoms with van der Waals surface area (Å²) in [5, 5.41) is 0. The van der Waals surface area contributed by atoms with E-state index in [1.807, 2.05) is 37.1 Å². The Hall–Kier alpha value is -2.12. The predicted octanol–water partition coefficient (Wildman–Crippen LogP) is 1.19. The summed E-state index contributed by atoms with van der Waals surface area (Å²) in [6.07, 6.45) is 2.26. The number of hydrogen-bond donors (Lipinski definition) is 1. The third kappa shape index (κ3) is 4.42. The molecule has 7 nitrogen and oxygen atoms in total. The molecule has 3 rings (SSSR count). The molecule has 148 valence electrons. The molecule has 2 aliphatic rings. The second kappa shape index (κ2) is 8.27. The van der Waals surface area contributed by atoms with E-state index in [4.69, 9.17) is 15.2 Å². The molecule has 0 radical (unpaired) electrons. The minimum atomic E-state index is -0.316. The lowest BCUT2D eigenvalue weighted by Crippen LogP contribution is -2.58. The zero-order valence-corrected chi connectivity index (χ0v) is 16.2. The van der Waals surface area contributed by atoms with Gasteiger partial charge in [-0.15, -0.1) is 0 Å². The number of carbonyl (C=O) groups excluding carboxylic acids is 2. The number of carbonyl (C=O) groups is 2. The molecular weight excluding hydrogens is 346 g/mol. The van der Waals surface area contributed by atoms with Crippen LogP contribution in [-0.4, -0.2) is 73.7 Å². The highest BCUT2D eigenvalue weighted by atomic mass is 16.5. The molecule has 1 aromatic rings. The SMILES string of the molecule is Cc1ccc(C(=O)N2CCC3(CC2)CN(C)C(=O)CO3)cc1OCCCN. The van der Waals surface area contributed by atoms with Crippen molar-refractivity contribution in [1.82, 2.24) is 9.80 Å². The van der Waals surface area contributed by atoms with Crippen LogP contribution in [0.25, 0.3) is 0 Å². The Balaban J connectivity index is 1.62. The van der Waals surface area contributed by atoms with Crippen LogP contribution in [0.4, 0.5) is 0 Å². The maximum Gasteiger partial charge on any atom is 0.253 e. The first-order valence-corrected chi connectivity index (χ1v) is 9.55. The Morgan fingerprint density at radius 1 is 1.33 bits per heavy atom. The van der Waals surface area contributed by atoms with Crippen molar-refractivity contribution in [1.29, 1.82) is 0 Å². The molecule has 2 heterocycles. The lowest BCUT2D eigenvalue weighted by Gasteiger charge is -2.46. The van der Waals surface area contributed by atoms with Crippen LogP contribution in [0.3, 0.4) is 0 Å². The number of likely N-dealkylation sites (tertiary alicyclic amines) is 1. The van der Waals surface area contributed by atoms with Gasteiger partial charge in [0.05, 0.1) is 12.2 Å². The Labute approximate surface area is 160 Å². The van der Waals surface area contributed by atoms with Crippen LogP contribution < -0.4 is 10.5 Å². The van der Waals surface area contributed by atoms with Crippen LogP contribution in [0.15, 0.2) is 18.2 Å². The van der Waals surface area contributed by atoms with E-state index in [0.29, 0.717) is 38.3 Å². The number of amides is 2. The summed E-state index contributed by atoms with van der Waals surface area (Å²) in [4.78, 5) is 28.2. The van der Waals surface area contributed by atoms with Crippen molar-refractivity contribution in [2.24, 2.45) is 5.73 Å². The fourth-order valence-corrected chi connectivity index (χ4v) is 3.65. The lowest BCUT2D eigenvalue weighted by atomic mass is 9.89. The number of ether oxygens (including phenoxy) is 2. The van der Waals surface area contributed by atoms with Crippen LogP contribution in [0.5, 0.6) is 5.75 Å². The maximum absolute atomic E-state index is 12.9.